The van der Waals surface area contributed by atoms with Gasteiger partial charge >= 0.3 is 0 Å². The van der Waals surface area contributed by atoms with Crippen molar-refractivity contribution >= 4 is 38.0 Å². The van der Waals surface area contributed by atoms with E-state index in [9.17, 15) is 13.2 Å². The molecule has 5 aromatic rings. The van der Waals surface area contributed by atoms with Gasteiger partial charge in [0.2, 0.25) is 5.95 Å². The maximum Gasteiger partial charge on any atom is 0.293 e. The van der Waals surface area contributed by atoms with Crippen molar-refractivity contribution in [2.75, 3.05) is 11.6 Å². The number of nitrogens with one attached hydrogen (secondary N) is 1. The molecule has 0 radical (unpaired) electrons. The van der Waals surface area contributed by atoms with Gasteiger partial charge in [-0.3, -0.25) is 9.48 Å². The van der Waals surface area contributed by atoms with Crippen molar-refractivity contribution in [3.8, 4) is 11.4 Å². The molecule has 0 spiro atoms. The van der Waals surface area contributed by atoms with Crippen LogP contribution < -0.4 is 10.9 Å². The molecule has 0 saturated heterocycles. The third-order valence-electron chi connectivity index (χ3n) is 5.30. The van der Waals surface area contributed by atoms with Crippen molar-refractivity contribution in [3.05, 3.63) is 64.8 Å². The molecule has 4 aromatic heterocycles. The van der Waals surface area contributed by atoms with Gasteiger partial charge in [0, 0.05) is 30.6 Å². The molecular weight excluding hydrogens is 456 g/mol. The Morgan fingerprint density at radius 1 is 1.06 bits per heavy atom. The Hall–Kier alpha value is -4.19. The van der Waals surface area contributed by atoms with Gasteiger partial charge in [0.15, 0.2) is 21.3 Å². The molecule has 0 aliphatic carbocycles. The largest absolute Gasteiger partial charge is 0.319 e. The molecule has 0 aliphatic heterocycles. The van der Waals surface area contributed by atoms with Crippen molar-refractivity contribution < 1.29 is 8.42 Å². The zero-order chi connectivity index (χ0) is 24.0. The molecule has 0 aliphatic rings. The maximum absolute atomic E-state index is 12.5. The number of para-hydroxylation sites is 1. The molecule has 0 amide bonds. The maximum atomic E-state index is 12.5. The number of aromatic nitrogens is 7. The molecule has 0 atom stereocenters. The second-order valence-corrected chi connectivity index (χ2v) is 9.67. The van der Waals surface area contributed by atoms with E-state index in [4.69, 9.17) is 4.98 Å². The molecule has 172 valence electrons. The lowest BCUT2D eigenvalue weighted by molar-refractivity contribution is 0.602. The lowest BCUT2D eigenvalue weighted by atomic mass is 10.2. The normalized spacial score (nSPS) is 11.9. The number of aryl methyl sites for hydroxylation is 2. The first-order valence-electron chi connectivity index (χ1n) is 10.4. The van der Waals surface area contributed by atoms with E-state index >= 15 is 0 Å². The molecule has 1 aromatic carbocycles. The van der Waals surface area contributed by atoms with Crippen LogP contribution in [0.4, 0.5) is 11.6 Å². The summed E-state index contributed by atoms with van der Waals surface area (Å²) in [6.45, 7) is 4.53. The Morgan fingerprint density at radius 3 is 2.62 bits per heavy atom. The Kier molecular flexibility index (Phi) is 5.09. The van der Waals surface area contributed by atoms with Crippen LogP contribution in [0.25, 0.3) is 27.9 Å². The highest BCUT2D eigenvalue weighted by Gasteiger charge is 2.21. The second-order valence-electron chi connectivity index (χ2n) is 7.69. The van der Waals surface area contributed by atoms with Gasteiger partial charge in [0.05, 0.1) is 21.7 Å². The van der Waals surface area contributed by atoms with E-state index in [1.165, 1.54) is 16.8 Å². The van der Waals surface area contributed by atoms with Crippen LogP contribution in [-0.2, 0) is 16.4 Å². The van der Waals surface area contributed by atoms with Crippen molar-refractivity contribution in [2.45, 2.75) is 25.3 Å². The van der Waals surface area contributed by atoms with E-state index < -0.39 is 15.4 Å². The number of hydrogen-bond donors (Lipinski definition) is 1. The zero-order valence-corrected chi connectivity index (χ0v) is 19.4. The van der Waals surface area contributed by atoms with Gasteiger partial charge in [-0.2, -0.15) is 9.61 Å². The van der Waals surface area contributed by atoms with E-state index in [-0.39, 0.29) is 22.0 Å². The number of rotatable bonds is 5. The zero-order valence-electron chi connectivity index (χ0n) is 18.6. The number of anilines is 2. The molecule has 1 N–H and O–H groups in total. The fraction of sp³-hybridized carbons (Fsp3) is 0.182. The average molecular weight is 477 g/mol. The molecule has 0 unspecified atom stereocenters. The summed E-state index contributed by atoms with van der Waals surface area (Å²) in [4.78, 5) is 25.5. The number of fused-ring (bicyclic) bond motifs is 3. The van der Waals surface area contributed by atoms with Crippen LogP contribution in [0.15, 0.2) is 58.5 Å². The van der Waals surface area contributed by atoms with Gasteiger partial charge in [-0.25, -0.2) is 23.4 Å². The fourth-order valence-electron chi connectivity index (χ4n) is 3.67. The summed E-state index contributed by atoms with van der Waals surface area (Å²) in [6.07, 6.45) is 4.36. The van der Waals surface area contributed by atoms with Crippen LogP contribution in [0.3, 0.4) is 0 Å². The average Bonchev–Trinajstić information content (AvgIpc) is 3.34. The van der Waals surface area contributed by atoms with E-state index in [2.05, 4.69) is 25.5 Å². The van der Waals surface area contributed by atoms with Crippen LogP contribution >= 0.6 is 0 Å². The Balaban J connectivity index is 1.84. The molecule has 34 heavy (non-hydrogen) atoms. The minimum Gasteiger partial charge on any atom is -0.319 e. The van der Waals surface area contributed by atoms with Crippen molar-refractivity contribution in [1.29, 1.82) is 0 Å². The highest BCUT2D eigenvalue weighted by Crippen LogP contribution is 2.29. The Morgan fingerprint density at radius 2 is 1.88 bits per heavy atom. The lowest BCUT2D eigenvalue weighted by Crippen LogP contribution is -2.12. The topological polar surface area (TPSA) is 137 Å². The predicted octanol–water partition coefficient (Wildman–Crippen LogP) is 2.37. The Bertz CT molecular complexity index is 1740. The summed E-state index contributed by atoms with van der Waals surface area (Å²) in [5, 5.41) is 12.6. The number of hydrogen-bond acceptors (Lipinski definition) is 9. The van der Waals surface area contributed by atoms with Gasteiger partial charge < -0.3 is 5.32 Å². The van der Waals surface area contributed by atoms with Crippen LogP contribution in [0.1, 0.15) is 12.6 Å². The summed E-state index contributed by atoms with van der Waals surface area (Å²) < 4.78 is 28.2. The molecule has 12 heteroatoms. The summed E-state index contributed by atoms with van der Waals surface area (Å²) in [6, 6.07) is 9.70. The smallest absolute Gasteiger partial charge is 0.293 e. The van der Waals surface area contributed by atoms with Crippen LogP contribution in [-0.4, -0.2) is 49.0 Å². The molecule has 0 bridgehead atoms. The first-order valence-corrected chi connectivity index (χ1v) is 12.3. The van der Waals surface area contributed by atoms with E-state index in [1.54, 1.807) is 35.0 Å². The fourth-order valence-corrected chi connectivity index (χ4v) is 4.50. The quantitative estimate of drug-likeness (QED) is 0.405. The van der Waals surface area contributed by atoms with Gasteiger partial charge in [-0.05, 0) is 38.1 Å². The van der Waals surface area contributed by atoms with Gasteiger partial charge in [-0.1, -0.05) is 12.1 Å². The van der Waals surface area contributed by atoms with Gasteiger partial charge in [0.1, 0.15) is 5.69 Å². The highest BCUT2D eigenvalue weighted by atomic mass is 32.2. The lowest BCUT2D eigenvalue weighted by Gasteiger charge is -2.09. The monoisotopic (exact) mass is 476 g/mol. The molecular formula is C22H20N8O3S. The molecule has 5 rings (SSSR count). The number of sulfone groups is 1. The first-order chi connectivity index (χ1) is 16.3. The minimum absolute atomic E-state index is 0.0502. The van der Waals surface area contributed by atoms with Crippen LogP contribution in [0.2, 0.25) is 0 Å². The van der Waals surface area contributed by atoms with Crippen molar-refractivity contribution in [1.82, 2.24) is 34.3 Å². The molecule has 4 heterocycles. The molecule has 11 nitrogen and oxygen atoms in total. The molecule has 0 saturated carbocycles. The van der Waals surface area contributed by atoms with Crippen LogP contribution in [0, 0.1) is 6.92 Å². The number of nitrogens with zero attached hydrogens (tertiary/aromatic N) is 7. The van der Waals surface area contributed by atoms with Gasteiger partial charge in [-0.15, -0.1) is 5.10 Å². The summed E-state index contributed by atoms with van der Waals surface area (Å²) in [5.41, 5.74) is 1.75. The third kappa shape index (κ3) is 3.67. The minimum atomic E-state index is -3.59. The SMILES string of the molecule is CCn1cc(-c2nc3c4cccc(S(C)(=O)=O)c4nc(Nc4ccccnc4=O)n3n2)c(C)n1. The van der Waals surface area contributed by atoms with Gasteiger partial charge in [0.25, 0.3) is 5.56 Å². The highest BCUT2D eigenvalue weighted by molar-refractivity contribution is 7.91. The predicted molar refractivity (Wildman–Crippen MR) is 127 cm³/mol. The van der Waals surface area contributed by atoms with E-state index in [1.807, 2.05) is 20.0 Å². The summed E-state index contributed by atoms with van der Waals surface area (Å²) in [7, 11) is -3.59. The van der Waals surface area contributed by atoms with E-state index in [0.29, 0.717) is 23.4 Å². The Labute approximate surface area is 194 Å². The second kappa shape index (κ2) is 7.99. The summed E-state index contributed by atoms with van der Waals surface area (Å²) >= 11 is 0. The van der Waals surface area contributed by atoms with Crippen molar-refractivity contribution in [3.63, 3.8) is 0 Å². The third-order valence-corrected chi connectivity index (χ3v) is 6.43. The molecule has 0 fully saturated rings. The van der Waals surface area contributed by atoms with E-state index in [0.717, 1.165) is 17.5 Å². The first kappa shape index (κ1) is 21.6. The summed E-state index contributed by atoms with van der Waals surface area (Å²) in [5.74, 6) is 0.529. The van der Waals surface area contributed by atoms with Crippen molar-refractivity contribution in [2.24, 2.45) is 0 Å². The number of benzene rings is 1. The standard InChI is InChI=1S/C22H20N8O3S/c1-4-29-12-15(13(2)27-29)19-26-20-14-8-7-10-17(34(3,32)33)18(14)25-22(30(20)28-19)24-16-9-5-6-11-23-21(16)31/h5-12H,4H2,1-3H3,(H,23,24,25,31). The van der Waals surface area contributed by atoms with Crippen LogP contribution in [0.5, 0.6) is 0 Å².